The first-order chi connectivity index (χ1) is 14.7. The SMILES string of the molecule is C[C@H]1[C@@H](OCc2ccccc2)[C@@H](C#C[Si](C)(C)C)CC(=O)[C@@H]1OC(=O)c1ccccc1. The van der Waals surface area contributed by atoms with Gasteiger partial charge >= 0.3 is 5.97 Å². The molecular formula is C26H30O4Si. The fraction of sp³-hybridized carbons (Fsp3) is 0.385. The van der Waals surface area contributed by atoms with Gasteiger partial charge in [0.25, 0.3) is 0 Å². The molecule has 3 rings (SSSR count). The molecule has 2 aromatic rings. The molecule has 0 saturated heterocycles. The van der Waals surface area contributed by atoms with Crippen molar-refractivity contribution in [3.05, 3.63) is 71.8 Å². The average Bonchev–Trinajstić information content (AvgIpc) is 2.75. The van der Waals surface area contributed by atoms with Crippen molar-refractivity contribution >= 4 is 19.8 Å². The molecule has 0 heterocycles. The predicted octanol–water partition coefficient (Wildman–Crippen LogP) is 4.90. The van der Waals surface area contributed by atoms with Gasteiger partial charge in [-0.25, -0.2) is 4.79 Å². The molecule has 0 radical (unpaired) electrons. The van der Waals surface area contributed by atoms with Crippen LogP contribution in [-0.2, 0) is 20.9 Å². The number of rotatable bonds is 5. The van der Waals surface area contributed by atoms with Crippen molar-refractivity contribution in [3.63, 3.8) is 0 Å². The van der Waals surface area contributed by atoms with Gasteiger partial charge in [0.15, 0.2) is 11.9 Å². The number of esters is 1. The largest absolute Gasteiger partial charge is 0.450 e. The van der Waals surface area contributed by atoms with Crippen LogP contribution < -0.4 is 0 Å². The van der Waals surface area contributed by atoms with Crippen LogP contribution in [0.2, 0.25) is 19.6 Å². The second-order valence-electron chi connectivity index (χ2n) is 9.11. The van der Waals surface area contributed by atoms with Gasteiger partial charge in [-0.2, -0.15) is 0 Å². The Bertz CT molecular complexity index is 954. The van der Waals surface area contributed by atoms with Crippen LogP contribution in [0, 0.1) is 23.3 Å². The smallest absolute Gasteiger partial charge is 0.338 e. The van der Waals surface area contributed by atoms with E-state index in [0.717, 1.165) is 5.56 Å². The molecule has 0 N–H and O–H groups in total. The summed E-state index contributed by atoms with van der Waals surface area (Å²) in [6.07, 6.45) is -0.901. The van der Waals surface area contributed by atoms with Gasteiger partial charge in [0.2, 0.25) is 0 Å². The zero-order valence-corrected chi connectivity index (χ0v) is 19.6. The van der Waals surface area contributed by atoms with Gasteiger partial charge in [0.1, 0.15) is 8.07 Å². The highest BCUT2D eigenvalue weighted by atomic mass is 28.3. The lowest BCUT2D eigenvalue weighted by molar-refractivity contribution is -0.146. The van der Waals surface area contributed by atoms with Gasteiger partial charge in [-0.1, -0.05) is 75.1 Å². The van der Waals surface area contributed by atoms with E-state index >= 15 is 0 Å². The van der Waals surface area contributed by atoms with Gasteiger partial charge in [0.05, 0.1) is 24.2 Å². The molecule has 0 amide bonds. The molecule has 1 aliphatic carbocycles. The van der Waals surface area contributed by atoms with Crippen molar-refractivity contribution in [2.75, 3.05) is 0 Å². The Balaban J connectivity index is 1.80. The Morgan fingerprint density at radius 2 is 1.65 bits per heavy atom. The maximum atomic E-state index is 12.9. The number of hydrogen-bond donors (Lipinski definition) is 0. The van der Waals surface area contributed by atoms with Crippen LogP contribution in [0.3, 0.4) is 0 Å². The monoisotopic (exact) mass is 434 g/mol. The molecule has 1 fully saturated rings. The van der Waals surface area contributed by atoms with Crippen LogP contribution in [0.4, 0.5) is 0 Å². The fourth-order valence-electron chi connectivity index (χ4n) is 3.69. The lowest BCUT2D eigenvalue weighted by Gasteiger charge is -2.38. The van der Waals surface area contributed by atoms with Gasteiger partial charge in [-0.05, 0) is 17.7 Å². The molecule has 1 aliphatic rings. The van der Waals surface area contributed by atoms with Gasteiger partial charge < -0.3 is 9.47 Å². The number of carbonyl (C=O) groups excluding carboxylic acids is 2. The molecule has 1 saturated carbocycles. The first-order valence-corrected chi connectivity index (χ1v) is 14.2. The molecule has 31 heavy (non-hydrogen) atoms. The molecule has 2 aromatic carbocycles. The minimum atomic E-state index is -1.60. The van der Waals surface area contributed by atoms with E-state index in [0.29, 0.717) is 12.2 Å². The zero-order chi connectivity index (χ0) is 22.4. The van der Waals surface area contributed by atoms with Crippen molar-refractivity contribution in [3.8, 4) is 11.5 Å². The van der Waals surface area contributed by atoms with E-state index < -0.39 is 20.1 Å². The molecule has 4 atom stereocenters. The first kappa shape index (κ1) is 23.0. The summed E-state index contributed by atoms with van der Waals surface area (Å²) in [6.45, 7) is 8.88. The van der Waals surface area contributed by atoms with Crippen molar-refractivity contribution in [1.82, 2.24) is 0 Å². The zero-order valence-electron chi connectivity index (χ0n) is 18.6. The molecule has 0 aliphatic heterocycles. The third kappa shape index (κ3) is 6.40. The first-order valence-electron chi connectivity index (χ1n) is 10.7. The minimum Gasteiger partial charge on any atom is -0.450 e. The van der Waals surface area contributed by atoms with Gasteiger partial charge in [0, 0.05) is 12.3 Å². The molecule has 0 aromatic heterocycles. The fourth-order valence-corrected chi connectivity index (χ4v) is 4.31. The predicted molar refractivity (Wildman–Crippen MR) is 124 cm³/mol. The van der Waals surface area contributed by atoms with Crippen molar-refractivity contribution in [2.24, 2.45) is 11.8 Å². The van der Waals surface area contributed by atoms with Crippen LogP contribution in [0.25, 0.3) is 0 Å². The second kappa shape index (κ2) is 10.1. The average molecular weight is 435 g/mol. The quantitative estimate of drug-likeness (QED) is 0.381. The molecular weight excluding hydrogens is 404 g/mol. The number of ketones is 1. The lowest BCUT2D eigenvalue weighted by Crippen LogP contribution is -2.49. The van der Waals surface area contributed by atoms with Crippen LogP contribution in [0.1, 0.15) is 29.3 Å². The Kier molecular flexibility index (Phi) is 7.48. The number of ether oxygens (including phenoxy) is 2. The molecule has 162 valence electrons. The summed E-state index contributed by atoms with van der Waals surface area (Å²) >= 11 is 0. The second-order valence-corrected chi connectivity index (χ2v) is 13.9. The van der Waals surface area contributed by atoms with Crippen LogP contribution in [0.5, 0.6) is 0 Å². The van der Waals surface area contributed by atoms with Crippen molar-refractivity contribution in [2.45, 2.75) is 51.8 Å². The Morgan fingerprint density at radius 3 is 2.26 bits per heavy atom. The summed E-state index contributed by atoms with van der Waals surface area (Å²) in [5.74, 6) is 2.26. The highest BCUT2D eigenvalue weighted by molar-refractivity contribution is 6.83. The summed E-state index contributed by atoms with van der Waals surface area (Å²) in [4.78, 5) is 25.5. The van der Waals surface area contributed by atoms with Crippen molar-refractivity contribution in [1.29, 1.82) is 0 Å². The topological polar surface area (TPSA) is 52.6 Å². The van der Waals surface area contributed by atoms with E-state index in [9.17, 15) is 9.59 Å². The number of benzene rings is 2. The minimum absolute atomic E-state index is 0.0915. The highest BCUT2D eigenvalue weighted by Gasteiger charge is 2.44. The van der Waals surface area contributed by atoms with Crippen molar-refractivity contribution < 1.29 is 19.1 Å². The van der Waals surface area contributed by atoms with E-state index in [4.69, 9.17) is 9.47 Å². The molecule has 0 unspecified atom stereocenters. The Hall–Kier alpha value is -2.68. The Morgan fingerprint density at radius 1 is 1.03 bits per heavy atom. The maximum absolute atomic E-state index is 12.9. The third-order valence-corrected chi connectivity index (χ3v) is 6.19. The molecule has 0 bridgehead atoms. The Labute approximate surface area is 186 Å². The number of carbonyl (C=O) groups is 2. The van der Waals surface area contributed by atoms with E-state index in [2.05, 4.69) is 31.1 Å². The summed E-state index contributed by atoms with van der Waals surface area (Å²) < 4.78 is 12.0. The number of hydrogen-bond acceptors (Lipinski definition) is 4. The molecule has 4 nitrogen and oxygen atoms in total. The highest BCUT2D eigenvalue weighted by Crippen LogP contribution is 2.33. The van der Waals surface area contributed by atoms with E-state index in [1.54, 1.807) is 24.3 Å². The lowest BCUT2D eigenvalue weighted by atomic mass is 9.77. The van der Waals surface area contributed by atoms with Crippen LogP contribution >= 0.6 is 0 Å². The summed E-state index contributed by atoms with van der Waals surface area (Å²) in [5, 5.41) is 0. The third-order valence-electron chi connectivity index (χ3n) is 5.29. The summed E-state index contributed by atoms with van der Waals surface area (Å²) in [7, 11) is -1.60. The van der Waals surface area contributed by atoms with Gasteiger partial charge in [-0.15, -0.1) is 11.5 Å². The van der Waals surface area contributed by atoms with Gasteiger partial charge in [-0.3, -0.25) is 4.79 Å². The van der Waals surface area contributed by atoms with E-state index in [1.807, 2.05) is 43.3 Å². The van der Waals surface area contributed by atoms with E-state index in [1.165, 1.54) is 0 Å². The molecule has 5 heteroatoms. The standard InChI is InChI=1S/C26H30O4Si/c1-19-24(29-18-20-11-7-5-8-12-20)22(15-16-31(2,3)4)17-23(27)25(19)30-26(28)21-13-9-6-10-14-21/h5-14,19,22,24-25H,17-18H2,1-4H3/t19-,22-,24+,25+/m0/s1. The maximum Gasteiger partial charge on any atom is 0.338 e. The molecule has 0 spiro atoms. The van der Waals surface area contributed by atoms with E-state index in [-0.39, 0.29) is 30.1 Å². The normalized spacial score (nSPS) is 23.5. The van der Waals surface area contributed by atoms with Crippen LogP contribution in [0.15, 0.2) is 60.7 Å². The summed E-state index contributed by atoms with van der Waals surface area (Å²) in [6, 6.07) is 18.7. The summed E-state index contributed by atoms with van der Waals surface area (Å²) in [5.41, 5.74) is 4.88. The van der Waals surface area contributed by atoms with Crippen LogP contribution in [-0.4, -0.2) is 32.0 Å². The number of Topliss-reactive ketones (excluding diaryl/α,β-unsaturated/α-hetero) is 1.